The lowest BCUT2D eigenvalue weighted by atomic mass is 10.1. The van der Waals surface area contributed by atoms with Crippen molar-refractivity contribution in [1.29, 1.82) is 0 Å². The Balaban J connectivity index is 2.22. The number of nitrogens with one attached hydrogen (secondary N) is 1. The Bertz CT molecular complexity index is 625. The van der Waals surface area contributed by atoms with Crippen LogP contribution < -0.4 is 11.1 Å². The van der Waals surface area contributed by atoms with Gasteiger partial charge in [-0.25, -0.2) is 4.98 Å². The van der Waals surface area contributed by atoms with Gasteiger partial charge in [0.05, 0.1) is 17.8 Å². The van der Waals surface area contributed by atoms with Crippen LogP contribution in [0.1, 0.15) is 29.4 Å². The second-order valence-corrected chi connectivity index (χ2v) is 4.97. The van der Waals surface area contributed by atoms with E-state index in [0.29, 0.717) is 17.4 Å². The van der Waals surface area contributed by atoms with Crippen LogP contribution in [-0.2, 0) is 13.0 Å². The molecule has 2 heterocycles. The molecule has 20 heavy (non-hydrogen) atoms. The number of nitrogens with two attached hydrogens (primary N) is 1. The maximum Gasteiger partial charge on any atom is 0.136 e. The van der Waals surface area contributed by atoms with Crippen LogP contribution in [0.25, 0.3) is 0 Å². The lowest BCUT2D eigenvalue weighted by molar-refractivity contribution is 0.961. The van der Waals surface area contributed by atoms with Crippen LogP contribution in [0.4, 0.5) is 5.82 Å². The third kappa shape index (κ3) is 3.30. The first-order valence-electron chi connectivity index (χ1n) is 6.56. The van der Waals surface area contributed by atoms with E-state index in [9.17, 15) is 0 Å². The molecule has 0 radical (unpaired) electrons. The Morgan fingerprint density at radius 2 is 2.15 bits per heavy atom. The number of hydrogen-bond donors (Lipinski definition) is 2. The van der Waals surface area contributed by atoms with Crippen molar-refractivity contribution in [2.24, 2.45) is 5.73 Å². The van der Waals surface area contributed by atoms with E-state index in [1.165, 1.54) is 5.56 Å². The summed E-state index contributed by atoms with van der Waals surface area (Å²) in [7, 11) is 0. The van der Waals surface area contributed by atoms with Gasteiger partial charge in [0.2, 0.25) is 0 Å². The summed E-state index contributed by atoms with van der Waals surface area (Å²) in [5.41, 5.74) is 9.66. The number of anilines is 1. The predicted octanol–water partition coefficient (Wildman–Crippen LogP) is 2.59. The highest BCUT2D eigenvalue weighted by molar-refractivity contribution is 7.80. The third-order valence-corrected chi connectivity index (χ3v) is 3.31. The summed E-state index contributed by atoms with van der Waals surface area (Å²) in [5, 5.41) is 3.29. The summed E-state index contributed by atoms with van der Waals surface area (Å²) in [6.45, 7) is 4.66. The minimum absolute atomic E-state index is 0.344. The fraction of sp³-hybridized carbons (Fsp3) is 0.267. The minimum atomic E-state index is 0.344. The van der Waals surface area contributed by atoms with Crippen molar-refractivity contribution in [3.63, 3.8) is 0 Å². The molecule has 0 aliphatic heterocycles. The molecule has 5 heteroatoms. The van der Waals surface area contributed by atoms with Crippen LogP contribution in [0.5, 0.6) is 0 Å². The van der Waals surface area contributed by atoms with Gasteiger partial charge in [-0.3, -0.25) is 4.98 Å². The van der Waals surface area contributed by atoms with Crippen molar-refractivity contribution in [3.8, 4) is 0 Å². The lowest BCUT2D eigenvalue weighted by Crippen LogP contribution is -2.15. The Kier molecular flexibility index (Phi) is 4.63. The topological polar surface area (TPSA) is 63.8 Å². The van der Waals surface area contributed by atoms with Gasteiger partial charge in [-0.15, -0.1) is 0 Å². The molecule has 0 bridgehead atoms. The zero-order valence-electron chi connectivity index (χ0n) is 11.7. The van der Waals surface area contributed by atoms with E-state index in [4.69, 9.17) is 18.0 Å². The van der Waals surface area contributed by atoms with Crippen LogP contribution in [0.3, 0.4) is 0 Å². The van der Waals surface area contributed by atoms with Crippen LogP contribution in [0, 0.1) is 6.92 Å². The number of hydrogen-bond acceptors (Lipinski definition) is 4. The van der Waals surface area contributed by atoms with Crippen LogP contribution in [0.15, 0.2) is 30.5 Å². The smallest absolute Gasteiger partial charge is 0.136 e. The largest absolute Gasteiger partial charge is 0.389 e. The minimum Gasteiger partial charge on any atom is -0.389 e. The SMILES string of the molecule is CCc1cccnc1CNc1nc(C)ccc1C(N)=S. The molecule has 3 N–H and O–H groups in total. The maximum atomic E-state index is 5.73. The molecule has 0 fully saturated rings. The van der Waals surface area contributed by atoms with E-state index in [0.717, 1.165) is 23.4 Å². The second kappa shape index (κ2) is 6.43. The van der Waals surface area contributed by atoms with E-state index >= 15 is 0 Å². The summed E-state index contributed by atoms with van der Waals surface area (Å²) in [6, 6.07) is 7.83. The predicted molar refractivity (Wildman–Crippen MR) is 85.8 cm³/mol. The molecule has 2 aromatic rings. The average Bonchev–Trinajstić information content (AvgIpc) is 2.45. The zero-order valence-corrected chi connectivity index (χ0v) is 12.5. The summed E-state index contributed by atoms with van der Waals surface area (Å²) in [5.74, 6) is 0.713. The summed E-state index contributed by atoms with van der Waals surface area (Å²) >= 11 is 5.05. The monoisotopic (exact) mass is 286 g/mol. The molecule has 0 amide bonds. The van der Waals surface area contributed by atoms with Gasteiger partial charge >= 0.3 is 0 Å². The van der Waals surface area contributed by atoms with Gasteiger partial charge in [0, 0.05) is 11.9 Å². The van der Waals surface area contributed by atoms with Crippen molar-refractivity contribution in [2.45, 2.75) is 26.8 Å². The first-order valence-corrected chi connectivity index (χ1v) is 6.96. The van der Waals surface area contributed by atoms with E-state index in [1.807, 2.05) is 25.1 Å². The van der Waals surface area contributed by atoms with Crippen molar-refractivity contribution in [2.75, 3.05) is 5.32 Å². The second-order valence-electron chi connectivity index (χ2n) is 4.53. The molecular formula is C15H18N4S. The van der Waals surface area contributed by atoms with Crippen LogP contribution in [-0.4, -0.2) is 15.0 Å². The molecule has 0 atom stereocenters. The number of aryl methyl sites for hydroxylation is 2. The Labute approximate surface area is 124 Å². The average molecular weight is 286 g/mol. The fourth-order valence-electron chi connectivity index (χ4n) is 2.01. The maximum absolute atomic E-state index is 5.73. The van der Waals surface area contributed by atoms with Gasteiger partial charge in [-0.05, 0) is 37.1 Å². The van der Waals surface area contributed by atoms with Gasteiger partial charge in [-0.1, -0.05) is 25.2 Å². The Hall–Kier alpha value is -2.01. The van der Waals surface area contributed by atoms with Gasteiger partial charge in [-0.2, -0.15) is 0 Å². The highest BCUT2D eigenvalue weighted by Crippen LogP contribution is 2.15. The molecule has 2 rings (SSSR count). The molecule has 0 saturated carbocycles. The molecule has 104 valence electrons. The van der Waals surface area contributed by atoms with Crippen molar-refractivity contribution in [3.05, 3.63) is 53.0 Å². The fourth-order valence-corrected chi connectivity index (χ4v) is 2.17. The van der Waals surface area contributed by atoms with Crippen molar-refractivity contribution in [1.82, 2.24) is 9.97 Å². The molecule has 0 aliphatic carbocycles. The normalized spacial score (nSPS) is 10.3. The molecule has 4 nitrogen and oxygen atoms in total. The molecule has 0 unspecified atom stereocenters. The van der Waals surface area contributed by atoms with E-state index in [1.54, 1.807) is 6.20 Å². The Morgan fingerprint density at radius 1 is 1.35 bits per heavy atom. The molecule has 2 aromatic heterocycles. The molecule has 0 saturated heterocycles. The molecule has 0 spiro atoms. The number of aromatic nitrogens is 2. The number of thiocarbonyl (C=S) groups is 1. The molecular weight excluding hydrogens is 268 g/mol. The highest BCUT2D eigenvalue weighted by atomic mass is 32.1. The van der Waals surface area contributed by atoms with E-state index in [-0.39, 0.29) is 0 Å². The van der Waals surface area contributed by atoms with E-state index < -0.39 is 0 Å². The van der Waals surface area contributed by atoms with Crippen LogP contribution in [0.2, 0.25) is 0 Å². The van der Waals surface area contributed by atoms with Crippen molar-refractivity contribution >= 4 is 23.0 Å². The van der Waals surface area contributed by atoms with Gasteiger partial charge in [0.15, 0.2) is 0 Å². The first-order chi connectivity index (χ1) is 9.61. The first kappa shape index (κ1) is 14.4. The van der Waals surface area contributed by atoms with Gasteiger partial charge in [0.1, 0.15) is 10.8 Å². The lowest BCUT2D eigenvalue weighted by Gasteiger charge is -2.12. The number of rotatable bonds is 5. The quantitative estimate of drug-likeness (QED) is 0.827. The number of pyridine rings is 2. The zero-order chi connectivity index (χ0) is 14.5. The molecule has 0 aromatic carbocycles. The van der Waals surface area contributed by atoms with Crippen molar-refractivity contribution < 1.29 is 0 Å². The summed E-state index contributed by atoms with van der Waals surface area (Å²) in [6.07, 6.45) is 2.75. The van der Waals surface area contributed by atoms with E-state index in [2.05, 4.69) is 28.3 Å². The highest BCUT2D eigenvalue weighted by Gasteiger charge is 2.08. The van der Waals surface area contributed by atoms with Crippen LogP contribution >= 0.6 is 12.2 Å². The number of nitrogens with zero attached hydrogens (tertiary/aromatic N) is 2. The van der Waals surface area contributed by atoms with Gasteiger partial charge in [0.25, 0.3) is 0 Å². The Morgan fingerprint density at radius 3 is 2.85 bits per heavy atom. The molecule has 0 aliphatic rings. The van der Waals surface area contributed by atoms with Gasteiger partial charge < -0.3 is 11.1 Å². The summed E-state index contributed by atoms with van der Waals surface area (Å²) < 4.78 is 0. The third-order valence-electron chi connectivity index (χ3n) is 3.09. The summed E-state index contributed by atoms with van der Waals surface area (Å²) in [4.78, 5) is 9.21. The standard InChI is InChI=1S/C15H18N4S/c1-3-11-5-4-8-17-13(11)9-18-15-12(14(16)20)7-6-10(2)19-15/h4-8H,3,9H2,1-2H3,(H2,16,20)(H,18,19).